The number of ether oxygens (including phenoxy) is 1. The van der Waals surface area contributed by atoms with E-state index in [0.717, 1.165) is 34.1 Å². The SMILES string of the molecule is Cc1cc(C)n(-c2[c-]c(Oc3[c-]c(N4[CH-]N(C)c5ccccc54)ccn3)ccc2)n1.[Pt]. The van der Waals surface area contributed by atoms with Gasteiger partial charge >= 0.3 is 0 Å². The van der Waals surface area contributed by atoms with E-state index in [1.165, 1.54) is 0 Å². The Morgan fingerprint density at radius 2 is 1.74 bits per heavy atom. The minimum atomic E-state index is 0. The van der Waals surface area contributed by atoms with Gasteiger partial charge in [-0.05, 0) is 51.0 Å². The normalized spacial score (nSPS) is 12.5. The van der Waals surface area contributed by atoms with Crippen LogP contribution in [0.25, 0.3) is 5.69 Å². The van der Waals surface area contributed by atoms with E-state index in [1.54, 1.807) is 6.20 Å². The Bertz CT molecular complexity index is 1220. The molecule has 0 saturated carbocycles. The zero-order valence-corrected chi connectivity index (χ0v) is 19.6. The van der Waals surface area contributed by atoms with Gasteiger partial charge in [0.05, 0.1) is 5.69 Å². The van der Waals surface area contributed by atoms with Gasteiger partial charge in [-0.15, -0.1) is 18.2 Å². The molecule has 0 amide bonds. The molecule has 3 heterocycles. The average Bonchev–Trinajstić information content (AvgIpc) is 3.27. The molecular formula is C24H20N5OPt-3. The Balaban J connectivity index is 0.00000231. The first kappa shape index (κ1) is 21.1. The molecule has 1 aliphatic rings. The molecule has 31 heavy (non-hydrogen) atoms. The van der Waals surface area contributed by atoms with Gasteiger partial charge in [-0.1, -0.05) is 12.1 Å². The third-order valence-corrected chi connectivity index (χ3v) is 4.93. The predicted octanol–water partition coefficient (Wildman–Crippen LogP) is 4.98. The van der Waals surface area contributed by atoms with Gasteiger partial charge in [0.25, 0.3) is 0 Å². The number of hydrogen-bond donors (Lipinski definition) is 0. The molecule has 6 nitrogen and oxygen atoms in total. The number of nitrogens with zero attached hydrogens (tertiary/aromatic N) is 5. The summed E-state index contributed by atoms with van der Waals surface area (Å²) in [5, 5.41) is 4.51. The maximum atomic E-state index is 5.98. The van der Waals surface area contributed by atoms with Crippen LogP contribution in [0.3, 0.4) is 0 Å². The van der Waals surface area contributed by atoms with Crippen LogP contribution < -0.4 is 14.5 Å². The van der Waals surface area contributed by atoms with Gasteiger partial charge in [-0.3, -0.25) is 9.67 Å². The van der Waals surface area contributed by atoms with Gasteiger partial charge < -0.3 is 14.5 Å². The van der Waals surface area contributed by atoms with Crippen molar-refractivity contribution in [3.05, 3.63) is 91.0 Å². The summed E-state index contributed by atoms with van der Waals surface area (Å²) in [7, 11) is 2.02. The van der Waals surface area contributed by atoms with Crippen molar-refractivity contribution in [1.82, 2.24) is 14.8 Å². The molecule has 160 valence electrons. The Hall–Kier alpha value is -3.11. The van der Waals surface area contributed by atoms with Crippen LogP contribution in [0.5, 0.6) is 11.6 Å². The van der Waals surface area contributed by atoms with E-state index in [-0.39, 0.29) is 21.1 Å². The Morgan fingerprint density at radius 1 is 0.935 bits per heavy atom. The summed E-state index contributed by atoms with van der Waals surface area (Å²) in [6.45, 7) is 6.01. The number of pyridine rings is 1. The molecule has 0 spiro atoms. The summed E-state index contributed by atoms with van der Waals surface area (Å²) >= 11 is 0. The summed E-state index contributed by atoms with van der Waals surface area (Å²) < 4.78 is 7.83. The number of benzene rings is 2. The molecular weight excluding hydrogens is 569 g/mol. The van der Waals surface area contributed by atoms with Crippen LogP contribution in [-0.2, 0) is 21.1 Å². The van der Waals surface area contributed by atoms with Crippen molar-refractivity contribution in [1.29, 1.82) is 0 Å². The van der Waals surface area contributed by atoms with Crippen LogP contribution in [0, 0.1) is 32.6 Å². The van der Waals surface area contributed by atoms with Crippen LogP contribution in [0.1, 0.15) is 11.4 Å². The number of fused-ring (bicyclic) bond motifs is 1. The van der Waals surface area contributed by atoms with Crippen LogP contribution >= 0.6 is 0 Å². The van der Waals surface area contributed by atoms with Crippen molar-refractivity contribution in [3.63, 3.8) is 0 Å². The summed E-state index contributed by atoms with van der Waals surface area (Å²) in [6.07, 6.45) is 1.72. The fraction of sp³-hybridized carbons (Fsp3) is 0.125. The van der Waals surface area contributed by atoms with Gasteiger partial charge in [-0.2, -0.15) is 35.7 Å². The van der Waals surface area contributed by atoms with Gasteiger partial charge in [-0.25, -0.2) is 0 Å². The standard InChI is InChI=1S/C24H20N5O.Pt/c1-17-13-18(2)29(26-17)20-7-6-8-21(14-20)30-24-15-19(11-12-25-24)28-16-27(3)22-9-4-5-10-23(22)28;/h4-13,16H,1-3H3;/q-3;. The molecule has 0 N–H and O–H groups in total. The second kappa shape index (κ2) is 8.56. The zero-order valence-electron chi connectivity index (χ0n) is 17.3. The fourth-order valence-electron chi connectivity index (χ4n) is 3.60. The van der Waals surface area contributed by atoms with E-state index >= 15 is 0 Å². The van der Waals surface area contributed by atoms with E-state index in [9.17, 15) is 0 Å². The Kier molecular flexibility index (Phi) is 5.83. The van der Waals surface area contributed by atoms with Gasteiger partial charge in [0.2, 0.25) is 0 Å². The van der Waals surface area contributed by atoms with Crippen LogP contribution in [0.4, 0.5) is 17.1 Å². The van der Waals surface area contributed by atoms with Gasteiger partial charge in [0, 0.05) is 43.9 Å². The average molecular weight is 590 g/mol. The first-order valence-corrected chi connectivity index (χ1v) is 9.67. The van der Waals surface area contributed by atoms with Crippen molar-refractivity contribution in [2.24, 2.45) is 0 Å². The van der Waals surface area contributed by atoms with Crippen molar-refractivity contribution < 1.29 is 25.8 Å². The quantitative estimate of drug-likeness (QED) is 0.315. The van der Waals surface area contributed by atoms with E-state index < -0.39 is 0 Å². The molecule has 2 aromatic heterocycles. The van der Waals surface area contributed by atoms with E-state index in [0.29, 0.717) is 11.6 Å². The second-order valence-electron chi connectivity index (χ2n) is 7.19. The van der Waals surface area contributed by atoms with Gasteiger partial charge in [0.1, 0.15) is 5.88 Å². The summed E-state index contributed by atoms with van der Waals surface area (Å²) in [6, 6.07) is 24.4. The topological polar surface area (TPSA) is 46.4 Å². The van der Waals surface area contributed by atoms with Gasteiger partial charge in [0.15, 0.2) is 0 Å². The summed E-state index contributed by atoms with van der Waals surface area (Å²) in [4.78, 5) is 8.48. The van der Waals surface area contributed by atoms with Crippen LogP contribution in [-0.4, -0.2) is 21.8 Å². The molecule has 2 aromatic carbocycles. The number of aryl methyl sites for hydroxylation is 2. The molecule has 0 aliphatic carbocycles. The van der Waals surface area contributed by atoms with Crippen LogP contribution in [0.2, 0.25) is 0 Å². The van der Waals surface area contributed by atoms with Crippen LogP contribution in [0.15, 0.2) is 60.8 Å². The molecule has 0 fully saturated rings. The Labute approximate surface area is 196 Å². The number of rotatable bonds is 4. The molecule has 0 unspecified atom stereocenters. The van der Waals surface area contributed by atoms with Crippen molar-refractivity contribution in [3.8, 4) is 17.3 Å². The summed E-state index contributed by atoms with van der Waals surface area (Å²) in [5.41, 5.74) is 5.90. The molecule has 0 atom stereocenters. The monoisotopic (exact) mass is 589 g/mol. The van der Waals surface area contributed by atoms with E-state index in [1.807, 2.05) is 74.7 Å². The minimum Gasteiger partial charge on any atom is -0.504 e. The minimum absolute atomic E-state index is 0. The maximum Gasteiger partial charge on any atom is 0.123 e. The molecule has 0 saturated heterocycles. The molecule has 4 aromatic rings. The third kappa shape index (κ3) is 4.08. The zero-order chi connectivity index (χ0) is 20.7. The molecule has 5 rings (SSSR count). The van der Waals surface area contributed by atoms with Crippen molar-refractivity contribution in [2.45, 2.75) is 13.8 Å². The predicted molar refractivity (Wildman–Crippen MR) is 116 cm³/mol. The number of aromatic nitrogens is 3. The number of hydrogen-bond acceptors (Lipinski definition) is 5. The first-order valence-electron chi connectivity index (χ1n) is 9.67. The summed E-state index contributed by atoms with van der Waals surface area (Å²) in [5.74, 6) is 0.943. The first-order chi connectivity index (χ1) is 14.6. The smallest absolute Gasteiger partial charge is 0.123 e. The van der Waals surface area contributed by atoms with Crippen molar-refractivity contribution in [2.75, 3.05) is 16.8 Å². The Morgan fingerprint density at radius 3 is 2.52 bits per heavy atom. The fourth-order valence-corrected chi connectivity index (χ4v) is 3.60. The van der Waals surface area contributed by atoms with E-state index in [4.69, 9.17) is 4.74 Å². The molecule has 0 bridgehead atoms. The largest absolute Gasteiger partial charge is 0.504 e. The number of anilines is 3. The van der Waals surface area contributed by atoms with E-state index in [2.05, 4.69) is 44.1 Å². The second-order valence-corrected chi connectivity index (χ2v) is 7.19. The van der Waals surface area contributed by atoms with Crippen molar-refractivity contribution >= 4 is 17.1 Å². The molecule has 7 heteroatoms. The molecule has 0 radical (unpaired) electrons. The third-order valence-electron chi connectivity index (χ3n) is 4.93. The maximum absolute atomic E-state index is 5.98. The molecule has 1 aliphatic heterocycles. The number of para-hydroxylation sites is 2.